The van der Waals surface area contributed by atoms with Crippen molar-refractivity contribution in [3.05, 3.63) is 69.3 Å². The Balaban J connectivity index is 1.84. The fraction of sp³-hybridized carbons (Fsp3) is 0.300. The third kappa shape index (κ3) is 3.60. The molecule has 0 bridgehead atoms. The zero-order chi connectivity index (χ0) is 21.6. The number of rotatable bonds is 4. The average Bonchev–Trinajstić information content (AvgIpc) is 3.20. The standard InChI is InChI=1S/C20H19F3N6O/c1-11-4-6-14(7-5-11)17-18(20(21,22)23)27-29-16(30)10-15(25-19(17)29)8-9-28-13(3)24-12(2)26-28/h4-7,10,27H,8-9H2,1-3H3. The quantitative estimate of drug-likeness (QED) is 0.552. The van der Waals surface area contributed by atoms with Crippen LogP contribution in [0.3, 0.4) is 0 Å². The summed E-state index contributed by atoms with van der Waals surface area (Å²) in [4.78, 5) is 21.2. The third-order valence-electron chi connectivity index (χ3n) is 4.84. The van der Waals surface area contributed by atoms with Crippen LogP contribution in [0.15, 0.2) is 35.1 Å². The predicted octanol–water partition coefficient (Wildman–Crippen LogP) is 3.47. The summed E-state index contributed by atoms with van der Waals surface area (Å²) in [5.41, 5.74) is -0.181. The molecular formula is C20H19F3N6O. The first-order valence-corrected chi connectivity index (χ1v) is 9.30. The number of benzene rings is 1. The van der Waals surface area contributed by atoms with E-state index in [1.807, 2.05) is 13.8 Å². The average molecular weight is 416 g/mol. The molecule has 0 saturated heterocycles. The smallest absolute Gasteiger partial charge is 0.284 e. The Labute approximate surface area is 169 Å². The highest BCUT2D eigenvalue weighted by Crippen LogP contribution is 2.38. The Morgan fingerprint density at radius 3 is 2.37 bits per heavy atom. The van der Waals surface area contributed by atoms with Crippen molar-refractivity contribution in [2.75, 3.05) is 0 Å². The molecule has 0 spiro atoms. The summed E-state index contributed by atoms with van der Waals surface area (Å²) in [6.45, 7) is 5.83. The summed E-state index contributed by atoms with van der Waals surface area (Å²) in [7, 11) is 0. The van der Waals surface area contributed by atoms with E-state index in [1.54, 1.807) is 35.9 Å². The van der Waals surface area contributed by atoms with Crippen LogP contribution in [0.25, 0.3) is 16.8 Å². The van der Waals surface area contributed by atoms with Gasteiger partial charge < -0.3 is 0 Å². The monoisotopic (exact) mass is 416 g/mol. The van der Waals surface area contributed by atoms with Crippen LogP contribution >= 0.6 is 0 Å². The van der Waals surface area contributed by atoms with E-state index >= 15 is 0 Å². The van der Waals surface area contributed by atoms with Gasteiger partial charge in [0.2, 0.25) is 0 Å². The van der Waals surface area contributed by atoms with E-state index in [0.29, 0.717) is 35.9 Å². The Hall–Kier alpha value is -3.43. The molecule has 10 heteroatoms. The van der Waals surface area contributed by atoms with E-state index in [1.165, 1.54) is 6.07 Å². The maximum atomic E-state index is 13.7. The minimum Gasteiger partial charge on any atom is -0.284 e. The lowest BCUT2D eigenvalue weighted by molar-refractivity contribution is -0.140. The van der Waals surface area contributed by atoms with Gasteiger partial charge in [-0.15, -0.1) is 0 Å². The van der Waals surface area contributed by atoms with Crippen molar-refractivity contribution in [2.45, 2.75) is 39.9 Å². The fourth-order valence-corrected chi connectivity index (χ4v) is 3.41. The number of nitrogens with one attached hydrogen (secondary N) is 1. The molecule has 7 nitrogen and oxygen atoms in total. The van der Waals surface area contributed by atoms with Gasteiger partial charge in [-0.05, 0) is 26.3 Å². The number of hydrogen-bond acceptors (Lipinski definition) is 4. The molecule has 0 aliphatic carbocycles. The Bertz CT molecular complexity index is 1280. The lowest BCUT2D eigenvalue weighted by atomic mass is 10.0. The maximum absolute atomic E-state index is 13.7. The molecule has 1 N–H and O–H groups in total. The number of hydrogen-bond donors (Lipinski definition) is 1. The molecule has 0 aliphatic rings. The van der Waals surface area contributed by atoms with Crippen molar-refractivity contribution in [1.82, 2.24) is 29.4 Å². The number of halogens is 3. The highest BCUT2D eigenvalue weighted by molar-refractivity contribution is 5.80. The van der Waals surface area contributed by atoms with Gasteiger partial charge >= 0.3 is 6.18 Å². The number of nitrogens with zero attached hydrogens (tertiary/aromatic N) is 5. The van der Waals surface area contributed by atoms with Crippen LogP contribution in [0.4, 0.5) is 13.2 Å². The molecular weight excluding hydrogens is 397 g/mol. The second-order valence-electron chi connectivity index (χ2n) is 7.15. The van der Waals surface area contributed by atoms with Gasteiger partial charge in [-0.25, -0.2) is 19.2 Å². The maximum Gasteiger partial charge on any atom is 0.433 e. The minimum absolute atomic E-state index is 0.0554. The first kappa shape index (κ1) is 19.9. The molecule has 0 amide bonds. The summed E-state index contributed by atoms with van der Waals surface area (Å²) in [6, 6.07) is 7.86. The Morgan fingerprint density at radius 2 is 1.77 bits per heavy atom. The summed E-state index contributed by atoms with van der Waals surface area (Å²) >= 11 is 0. The van der Waals surface area contributed by atoms with Crippen molar-refractivity contribution >= 4 is 5.65 Å². The number of aromatic amines is 1. The van der Waals surface area contributed by atoms with E-state index in [-0.39, 0.29) is 11.2 Å². The van der Waals surface area contributed by atoms with Gasteiger partial charge in [0.25, 0.3) is 5.56 Å². The summed E-state index contributed by atoms with van der Waals surface area (Å²) in [5, 5.41) is 6.45. The molecule has 1 aromatic carbocycles. The minimum atomic E-state index is -4.67. The zero-order valence-electron chi connectivity index (χ0n) is 16.6. The van der Waals surface area contributed by atoms with Gasteiger partial charge in [-0.1, -0.05) is 29.8 Å². The molecule has 0 unspecified atom stereocenters. The Morgan fingerprint density at radius 1 is 1.07 bits per heavy atom. The van der Waals surface area contributed by atoms with Gasteiger partial charge in [-0.3, -0.25) is 9.89 Å². The number of fused-ring (bicyclic) bond motifs is 1. The first-order valence-electron chi connectivity index (χ1n) is 9.30. The lowest BCUT2D eigenvalue weighted by Gasteiger charge is -2.08. The van der Waals surface area contributed by atoms with Crippen molar-refractivity contribution in [3.8, 4) is 11.1 Å². The largest absolute Gasteiger partial charge is 0.433 e. The van der Waals surface area contributed by atoms with Crippen LogP contribution in [0, 0.1) is 20.8 Å². The van der Waals surface area contributed by atoms with Gasteiger partial charge in [0.15, 0.2) is 5.65 Å². The van der Waals surface area contributed by atoms with Crippen LogP contribution in [0.5, 0.6) is 0 Å². The van der Waals surface area contributed by atoms with Gasteiger partial charge in [0.05, 0.1) is 11.3 Å². The zero-order valence-corrected chi connectivity index (χ0v) is 16.6. The predicted molar refractivity (Wildman–Crippen MR) is 104 cm³/mol. The molecule has 156 valence electrons. The van der Waals surface area contributed by atoms with Crippen LogP contribution in [-0.4, -0.2) is 29.4 Å². The van der Waals surface area contributed by atoms with Crippen molar-refractivity contribution in [1.29, 1.82) is 0 Å². The van der Waals surface area contributed by atoms with E-state index < -0.39 is 17.4 Å². The second kappa shape index (κ2) is 7.12. The molecule has 4 aromatic rings. The molecule has 0 aliphatic heterocycles. The summed E-state index contributed by atoms with van der Waals surface area (Å²) in [5.74, 6) is 1.34. The molecule has 3 aromatic heterocycles. The normalized spacial score (nSPS) is 12.1. The molecule has 30 heavy (non-hydrogen) atoms. The highest BCUT2D eigenvalue weighted by Gasteiger charge is 2.38. The lowest BCUT2D eigenvalue weighted by Crippen LogP contribution is -2.17. The molecule has 4 rings (SSSR count). The van der Waals surface area contributed by atoms with Gasteiger partial charge in [-0.2, -0.15) is 18.3 Å². The van der Waals surface area contributed by atoms with Crippen molar-refractivity contribution < 1.29 is 13.2 Å². The van der Waals surface area contributed by atoms with Crippen LogP contribution in [-0.2, 0) is 19.1 Å². The molecule has 0 fully saturated rings. The van der Waals surface area contributed by atoms with Crippen LogP contribution in [0.2, 0.25) is 0 Å². The molecule has 0 saturated carbocycles. The summed E-state index contributed by atoms with van der Waals surface area (Å²) < 4.78 is 43.6. The second-order valence-corrected chi connectivity index (χ2v) is 7.15. The SMILES string of the molecule is Cc1ccc(-c2c(C(F)(F)F)[nH]n3c(=O)cc(CCn4nc(C)nc4C)nc23)cc1. The molecule has 3 heterocycles. The first-order chi connectivity index (χ1) is 14.1. The summed E-state index contributed by atoms with van der Waals surface area (Å²) in [6.07, 6.45) is -4.34. The van der Waals surface area contributed by atoms with Gasteiger partial charge in [0, 0.05) is 19.0 Å². The van der Waals surface area contributed by atoms with Crippen LogP contribution in [0.1, 0.15) is 28.6 Å². The van der Waals surface area contributed by atoms with E-state index in [9.17, 15) is 18.0 Å². The highest BCUT2D eigenvalue weighted by atomic mass is 19.4. The van der Waals surface area contributed by atoms with Gasteiger partial charge in [0.1, 0.15) is 17.3 Å². The number of aryl methyl sites for hydroxylation is 5. The van der Waals surface area contributed by atoms with Crippen molar-refractivity contribution in [3.63, 3.8) is 0 Å². The number of alkyl halides is 3. The van der Waals surface area contributed by atoms with E-state index in [2.05, 4.69) is 20.2 Å². The Kier molecular flexibility index (Phi) is 4.71. The van der Waals surface area contributed by atoms with Crippen molar-refractivity contribution in [2.24, 2.45) is 0 Å². The number of aromatic nitrogens is 6. The molecule has 0 atom stereocenters. The van der Waals surface area contributed by atoms with E-state index in [4.69, 9.17) is 0 Å². The third-order valence-corrected chi connectivity index (χ3v) is 4.84. The fourth-order valence-electron chi connectivity index (χ4n) is 3.41. The van der Waals surface area contributed by atoms with Crippen LogP contribution < -0.4 is 5.56 Å². The molecule has 0 radical (unpaired) electrons. The van der Waals surface area contributed by atoms with E-state index in [0.717, 1.165) is 10.1 Å². The topological polar surface area (TPSA) is 80.9 Å². The number of H-pyrrole nitrogens is 1.